The molecule has 1 atom stereocenters. The maximum atomic E-state index is 12.7. The zero-order chi connectivity index (χ0) is 15.7. The number of alkyl halides is 3. The summed E-state index contributed by atoms with van der Waals surface area (Å²) in [4.78, 5) is -0.702. The molecule has 0 spiro atoms. The second kappa shape index (κ2) is 5.87. The molecular weight excluding hydrogens is 303 g/mol. The van der Waals surface area contributed by atoms with Gasteiger partial charge in [0, 0.05) is 6.04 Å². The molecule has 7 heteroatoms. The molecule has 0 aliphatic heterocycles. The van der Waals surface area contributed by atoms with Crippen molar-refractivity contribution in [2.24, 2.45) is 5.92 Å². The van der Waals surface area contributed by atoms with Crippen molar-refractivity contribution in [3.05, 3.63) is 24.3 Å². The number of anilines is 1. The minimum atomic E-state index is -5.34. The third-order valence-corrected chi connectivity index (χ3v) is 5.19. The Morgan fingerprint density at radius 3 is 2.43 bits per heavy atom. The van der Waals surface area contributed by atoms with Gasteiger partial charge >= 0.3 is 5.51 Å². The molecule has 1 aromatic rings. The number of sulfone groups is 1. The molecule has 2 rings (SSSR count). The largest absolute Gasteiger partial charge is 0.501 e. The van der Waals surface area contributed by atoms with Gasteiger partial charge in [-0.3, -0.25) is 0 Å². The predicted octanol–water partition coefficient (Wildman–Crippen LogP) is 3.97. The molecule has 1 unspecified atom stereocenters. The zero-order valence-electron chi connectivity index (χ0n) is 11.7. The zero-order valence-corrected chi connectivity index (χ0v) is 12.5. The van der Waals surface area contributed by atoms with E-state index >= 15 is 0 Å². The minimum absolute atomic E-state index is 0.0120. The lowest BCUT2D eigenvalue weighted by Gasteiger charge is -2.20. The fraction of sp³-hybridized carbons (Fsp3) is 0.571. The first kappa shape index (κ1) is 16.1. The van der Waals surface area contributed by atoms with Crippen molar-refractivity contribution in [2.45, 2.75) is 49.1 Å². The number of hydrogen-bond donors (Lipinski definition) is 1. The van der Waals surface area contributed by atoms with Gasteiger partial charge < -0.3 is 5.32 Å². The number of rotatable bonds is 6. The van der Waals surface area contributed by atoms with E-state index in [1.165, 1.54) is 18.2 Å². The van der Waals surface area contributed by atoms with E-state index in [1.807, 2.05) is 6.92 Å². The molecule has 1 N–H and O–H groups in total. The molecule has 1 saturated carbocycles. The van der Waals surface area contributed by atoms with Gasteiger partial charge in [0.2, 0.25) is 0 Å². The summed E-state index contributed by atoms with van der Waals surface area (Å²) in [5.74, 6) is 0.605. The summed E-state index contributed by atoms with van der Waals surface area (Å²) < 4.78 is 61.4. The molecule has 1 aliphatic carbocycles. The first-order valence-electron chi connectivity index (χ1n) is 6.92. The lowest BCUT2D eigenvalue weighted by atomic mass is 10.1. The molecule has 0 radical (unpaired) electrons. The highest BCUT2D eigenvalue weighted by Gasteiger charge is 2.48. The summed E-state index contributed by atoms with van der Waals surface area (Å²) in [5, 5.41) is 2.97. The fourth-order valence-corrected chi connectivity index (χ4v) is 3.17. The van der Waals surface area contributed by atoms with E-state index in [1.54, 1.807) is 0 Å². The van der Waals surface area contributed by atoms with Crippen molar-refractivity contribution in [3.8, 4) is 0 Å². The number of halogens is 3. The summed E-state index contributed by atoms with van der Waals surface area (Å²) in [6.45, 7) is 1.93. The van der Waals surface area contributed by atoms with Gasteiger partial charge in [-0.15, -0.1) is 0 Å². The van der Waals surface area contributed by atoms with Gasteiger partial charge in [-0.1, -0.05) is 31.9 Å². The van der Waals surface area contributed by atoms with Crippen LogP contribution < -0.4 is 5.32 Å². The maximum absolute atomic E-state index is 12.7. The minimum Gasteiger partial charge on any atom is -0.381 e. The van der Waals surface area contributed by atoms with Crippen LogP contribution in [-0.2, 0) is 9.84 Å². The number of hydrogen-bond acceptors (Lipinski definition) is 3. The first-order valence-corrected chi connectivity index (χ1v) is 8.41. The lowest BCUT2D eigenvalue weighted by molar-refractivity contribution is -0.0435. The molecule has 0 heterocycles. The van der Waals surface area contributed by atoms with Gasteiger partial charge in [0.25, 0.3) is 9.84 Å². The third-order valence-electron chi connectivity index (χ3n) is 3.65. The summed E-state index contributed by atoms with van der Waals surface area (Å²) in [6.07, 6.45) is 3.87. The number of para-hydroxylation sites is 1. The van der Waals surface area contributed by atoms with Crippen LogP contribution in [0.3, 0.4) is 0 Å². The Balaban J connectivity index is 2.28. The average molecular weight is 321 g/mol. The summed E-state index contributed by atoms with van der Waals surface area (Å²) in [7, 11) is -5.34. The predicted molar refractivity (Wildman–Crippen MR) is 74.7 cm³/mol. The number of nitrogens with one attached hydrogen (secondary N) is 1. The van der Waals surface area contributed by atoms with E-state index in [9.17, 15) is 21.6 Å². The molecule has 1 fully saturated rings. The van der Waals surface area contributed by atoms with Gasteiger partial charge in [0.05, 0.1) is 10.6 Å². The summed E-state index contributed by atoms with van der Waals surface area (Å²) in [5.41, 5.74) is -5.26. The topological polar surface area (TPSA) is 46.2 Å². The molecule has 3 nitrogen and oxygen atoms in total. The molecule has 0 saturated heterocycles. The van der Waals surface area contributed by atoms with Gasteiger partial charge in [0.1, 0.15) is 0 Å². The van der Waals surface area contributed by atoms with Gasteiger partial charge in [-0.05, 0) is 30.9 Å². The standard InChI is InChI=1S/C14H18F3NO2S/c1-2-11(9-10-7-8-10)18-12-5-3-4-6-13(12)21(19,20)14(15,16)17/h3-6,10-11,18H,2,7-9H2,1H3. The summed E-state index contributed by atoms with van der Waals surface area (Å²) in [6, 6.07) is 5.19. The third kappa shape index (κ3) is 3.70. The quantitative estimate of drug-likeness (QED) is 0.862. The maximum Gasteiger partial charge on any atom is 0.501 e. The van der Waals surface area contributed by atoms with E-state index in [-0.39, 0.29) is 11.7 Å². The Labute approximate surface area is 122 Å². The van der Waals surface area contributed by atoms with Crippen LogP contribution in [-0.4, -0.2) is 20.0 Å². The van der Waals surface area contributed by atoms with Crippen molar-refractivity contribution >= 4 is 15.5 Å². The fourth-order valence-electron chi connectivity index (χ4n) is 2.25. The smallest absolute Gasteiger partial charge is 0.381 e. The van der Waals surface area contributed by atoms with Crippen molar-refractivity contribution in [1.82, 2.24) is 0 Å². The van der Waals surface area contributed by atoms with Crippen LogP contribution in [0.4, 0.5) is 18.9 Å². The van der Waals surface area contributed by atoms with E-state index < -0.39 is 20.2 Å². The lowest BCUT2D eigenvalue weighted by Crippen LogP contribution is -2.26. The Hall–Kier alpha value is -1.24. The van der Waals surface area contributed by atoms with Crippen LogP contribution in [0.5, 0.6) is 0 Å². The molecule has 0 aromatic heterocycles. The average Bonchev–Trinajstić information content (AvgIpc) is 3.21. The van der Waals surface area contributed by atoms with Gasteiger partial charge in [0.15, 0.2) is 0 Å². The molecule has 118 valence electrons. The van der Waals surface area contributed by atoms with E-state index in [0.717, 1.165) is 31.7 Å². The van der Waals surface area contributed by atoms with E-state index in [0.29, 0.717) is 5.92 Å². The second-order valence-electron chi connectivity index (χ2n) is 5.37. The van der Waals surface area contributed by atoms with Crippen LogP contribution >= 0.6 is 0 Å². The Bertz CT molecular complexity index is 594. The Morgan fingerprint density at radius 2 is 1.90 bits per heavy atom. The molecule has 1 aromatic carbocycles. The monoisotopic (exact) mass is 321 g/mol. The van der Waals surface area contributed by atoms with Crippen LogP contribution in [0.25, 0.3) is 0 Å². The highest BCUT2D eigenvalue weighted by Crippen LogP contribution is 2.37. The van der Waals surface area contributed by atoms with Crippen LogP contribution in [0.15, 0.2) is 29.2 Å². The van der Waals surface area contributed by atoms with E-state index in [4.69, 9.17) is 0 Å². The highest BCUT2D eigenvalue weighted by atomic mass is 32.2. The second-order valence-corrected chi connectivity index (χ2v) is 7.28. The Kier molecular flexibility index (Phi) is 4.51. The van der Waals surface area contributed by atoms with Crippen LogP contribution in [0.1, 0.15) is 32.6 Å². The Morgan fingerprint density at radius 1 is 1.29 bits per heavy atom. The molecule has 0 amide bonds. The number of benzene rings is 1. The van der Waals surface area contributed by atoms with Gasteiger partial charge in [-0.25, -0.2) is 8.42 Å². The highest BCUT2D eigenvalue weighted by molar-refractivity contribution is 7.92. The molecular formula is C14H18F3NO2S. The van der Waals surface area contributed by atoms with Crippen LogP contribution in [0, 0.1) is 5.92 Å². The normalized spacial score (nSPS) is 17.5. The van der Waals surface area contributed by atoms with Crippen molar-refractivity contribution in [1.29, 1.82) is 0 Å². The molecule has 0 bridgehead atoms. The van der Waals surface area contributed by atoms with E-state index in [2.05, 4.69) is 5.32 Å². The molecule has 21 heavy (non-hydrogen) atoms. The van der Waals surface area contributed by atoms with Crippen molar-refractivity contribution in [2.75, 3.05) is 5.32 Å². The summed E-state index contributed by atoms with van der Waals surface area (Å²) >= 11 is 0. The molecule has 1 aliphatic rings. The first-order chi connectivity index (χ1) is 9.75. The van der Waals surface area contributed by atoms with Crippen LogP contribution in [0.2, 0.25) is 0 Å². The SMILES string of the molecule is CCC(CC1CC1)Nc1ccccc1S(=O)(=O)C(F)(F)F. The van der Waals surface area contributed by atoms with Crippen molar-refractivity contribution < 1.29 is 21.6 Å². The van der Waals surface area contributed by atoms with Crippen molar-refractivity contribution in [3.63, 3.8) is 0 Å². The van der Waals surface area contributed by atoms with Gasteiger partial charge in [-0.2, -0.15) is 13.2 Å².